The molecule has 0 radical (unpaired) electrons. The van der Waals surface area contributed by atoms with E-state index < -0.39 is 0 Å². The lowest BCUT2D eigenvalue weighted by atomic mass is 9.78. The second kappa shape index (κ2) is 9.94. The second-order valence-corrected chi connectivity index (χ2v) is 14.3. The smallest absolute Gasteiger partial charge is 0.143 e. The van der Waals surface area contributed by atoms with E-state index in [1.807, 2.05) is 0 Å². The van der Waals surface area contributed by atoms with Crippen LogP contribution in [0.1, 0.15) is 25.0 Å². The molecule has 234 valence electrons. The van der Waals surface area contributed by atoms with Crippen molar-refractivity contribution < 1.29 is 4.42 Å². The van der Waals surface area contributed by atoms with Gasteiger partial charge in [-0.1, -0.05) is 153 Å². The minimum absolute atomic E-state index is 0.113. The lowest BCUT2D eigenvalue weighted by molar-refractivity contribution is 0.661. The van der Waals surface area contributed by atoms with Crippen LogP contribution in [0.2, 0.25) is 0 Å². The van der Waals surface area contributed by atoms with E-state index in [-0.39, 0.29) is 5.41 Å². The third-order valence-electron chi connectivity index (χ3n) is 11.4. The zero-order valence-electron chi connectivity index (χ0n) is 27.9. The Balaban J connectivity index is 1.30. The van der Waals surface area contributed by atoms with Crippen LogP contribution < -0.4 is 0 Å². The molecule has 1 nitrogen and oxygen atoms in total. The van der Waals surface area contributed by atoms with Crippen molar-refractivity contribution in [1.82, 2.24) is 0 Å². The third kappa shape index (κ3) is 3.56. The molecule has 0 unspecified atom stereocenters. The van der Waals surface area contributed by atoms with Crippen LogP contribution >= 0.6 is 0 Å². The Kier molecular flexibility index (Phi) is 5.51. The normalized spacial score (nSPS) is 13.6. The summed E-state index contributed by atoms with van der Waals surface area (Å²) >= 11 is 0. The first-order chi connectivity index (χ1) is 24.6. The summed E-state index contributed by atoms with van der Waals surface area (Å²) in [5, 5.41) is 12.3. The average Bonchev–Trinajstić information content (AvgIpc) is 3.65. The van der Waals surface area contributed by atoms with Gasteiger partial charge in [-0.15, -0.1) is 0 Å². The highest BCUT2D eigenvalue weighted by atomic mass is 16.3. The molecular weight excluding hydrogens is 605 g/mol. The van der Waals surface area contributed by atoms with E-state index in [4.69, 9.17) is 4.42 Å². The van der Waals surface area contributed by atoms with Crippen molar-refractivity contribution in [3.8, 4) is 33.4 Å². The maximum atomic E-state index is 6.53. The summed E-state index contributed by atoms with van der Waals surface area (Å²) in [6.07, 6.45) is 0. The highest BCUT2D eigenvalue weighted by Crippen LogP contribution is 2.55. The van der Waals surface area contributed by atoms with Crippen molar-refractivity contribution in [2.45, 2.75) is 19.3 Å². The average molecular weight is 637 g/mol. The predicted octanol–water partition coefficient (Wildman–Crippen LogP) is 13.8. The molecule has 0 atom stereocenters. The molecule has 1 heteroatoms. The summed E-state index contributed by atoms with van der Waals surface area (Å²) < 4.78 is 6.53. The Labute approximate surface area is 290 Å². The quantitative estimate of drug-likeness (QED) is 0.172. The molecular formula is C49H32O. The minimum Gasteiger partial charge on any atom is -0.455 e. The van der Waals surface area contributed by atoms with E-state index in [9.17, 15) is 0 Å². The van der Waals surface area contributed by atoms with E-state index in [1.165, 1.54) is 82.2 Å². The topological polar surface area (TPSA) is 13.1 Å². The standard InChI is InChI=1S/C49H32O/c1-49(2)42-25-13-11-24-38(42)47-32-18-5-3-15-29(32)40(28-43(47)49)46-35-21-8-6-19-33(35)45(34-20-7-9-22-36(34)46)39-27-41-31-17-12-14-26-44(31)50-48(41)37-23-10-4-16-30(37)39/h3-28H,1-2H3. The summed E-state index contributed by atoms with van der Waals surface area (Å²) in [5.41, 5.74) is 12.4. The van der Waals surface area contributed by atoms with Gasteiger partial charge in [0.1, 0.15) is 11.2 Å². The zero-order chi connectivity index (χ0) is 33.1. The van der Waals surface area contributed by atoms with Crippen molar-refractivity contribution in [1.29, 1.82) is 0 Å². The Morgan fingerprint density at radius 1 is 0.340 bits per heavy atom. The van der Waals surface area contributed by atoms with Gasteiger partial charge >= 0.3 is 0 Å². The lowest BCUT2D eigenvalue weighted by Gasteiger charge is -2.24. The minimum atomic E-state index is -0.113. The van der Waals surface area contributed by atoms with Gasteiger partial charge in [0.2, 0.25) is 0 Å². The largest absolute Gasteiger partial charge is 0.455 e. The van der Waals surface area contributed by atoms with Crippen LogP contribution in [0, 0.1) is 0 Å². The van der Waals surface area contributed by atoms with Crippen LogP contribution in [0.25, 0.3) is 98.4 Å². The number of rotatable bonds is 2. The first kappa shape index (κ1) is 27.7. The predicted molar refractivity (Wildman–Crippen MR) is 212 cm³/mol. The van der Waals surface area contributed by atoms with Crippen LogP contribution in [0.15, 0.2) is 162 Å². The fourth-order valence-corrected chi connectivity index (χ4v) is 9.22. The van der Waals surface area contributed by atoms with Crippen molar-refractivity contribution in [3.63, 3.8) is 0 Å². The van der Waals surface area contributed by atoms with Crippen LogP contribution in [0.3, 0.4) is 0 Å². The van der Waals surface area contributed by atoms with Gasteiger partial charge in [-0.25, -0.2) is 0 Å². The van der Waals surface area contributed by atoms with Gasteiger partial charge in [0.25, 0.3) is 0 Å². The van der Waals surface area contributed by atoms with Gasteiger partial charge in [0.05, 0.1) is 0 Å². The van der Waals surface area contributed by atoms with Crippen LogP contribution in [0.4, 0.5) is 0 Å². The fraction of sp³-hybridized carbons (Fsp3) is 0.0612. The number of furan rings is 1. The number of fused-ring (bicyclic) bond motifs is 12. The number of benzene rings is 9. The summed E-state index contributed by atoms with van der Waals surface area (Å²) in [5.74, 6) is 0. The molecule has 1 heterocycles. The van der Waals surface area contributed by atoms with Crippen LogP contribution in [-0.4, -0.2) is 0 Å². The molecule has 9 aromatic carbocycles. The van der Waals surface area contributed by atoms with Gasteiger partial charge in [0, 0.05) is 21.6 Å². The first-order valence-electron chi connectivity index (χ1n) is 17.5. The Bertz CT molecular complexity index is 3010. The van der Waals surface area contributed by atoms with E-state index in [1.54, 1.807) is 0 Å². The number of hydrogen-bond donors (Lipinski definition) is 0. The third-order valence-corrected chi connectivity index (χ3v) is 11.4. The molecule has 11 rings (SSSR count). The summed E-state index contributed by atoms with van der Waals surface area (Å²) in [6.45, 7) is 4.77. The first-order valence-corrected chi connectivity index (χ1v) is 17.5. The van der Waals surface area contributed by atoms with Crippen molar-refractivity contribution >= 4 is 65.0 Å². The van der Waals surface area contributed by atoms with E-state index in [2.05, 4.69) is 172 Å². The van der Waals surface area contributed by atoms with E-state index in [0.29, 0.717) is 0 Å². The Morgan fingerprint density at radius 2 is 0.780 bits per heavy atom. The van der Waals surface area contributed by atoms with Gasteiger partial charge < -0.3 is 4.42 Å². The molecule has 0 spiro atoms. The molecule has 0 N–H and O–H groups in total. The Hall–Kier alpha value is -6.18. The highest BCUT2D eigenvalue weighted by molar-refractivity contribution is 6.28. The molecule has 0 aliphatic heterocycles. The Morgan fingerprint density at radius 3 is 1.40 bits per heavy atom. The molecule has 1 aromatic heterocycles. The molecule has 0 fully saturated rings. The van der Waals surface area contributed by atoms with Gasteiger partial charge in [-0.3, -0.25) is 0 Å². The lowest BCUT2D eigenvalue weighted by Crippen LogP contribution is -2.15. The summed E-state index contributed by atoms with van der Waals surface area (Å²) in [6, 6.07) is 58.1. The molecule has 50 heavy (non-hydrogen) atoms. The van der Waals surface area contributed by atoms with Gasteiger partial charge in [0.15, 0.2) is 0 Å². The monoisotopic (exact) mass is 636 g/mol. The molecule has 0 saturated heterocycles. The van der Waals surface area contributed by atoms with Gasteiger partial charge in [-0.05, 0) is 100 Å². The number of hydrogen-bond acceptors (Lipinski definition) is 1. The second-order valence-electron chi connectivity index (χ2n) is 14.3. The number of para-hydroxylation sites is 1. The van der Waals surface area contributed by atoms with E-state index in [0.717, 1.165) is 27.3 Å². The summed E-state index contributed by atoms with van der Waals surface area (Å²) in [7, 11) is 0. The van der Waals surface area contributed by atoms with E-state index >= 15 is 0 Å². The maximum Gasteiger partial charge on any atom is 0.143 e. The SMILES string of the molecule is CC1(C)c2ccccc2-c2c1cc(-c1c3ccccc3c(-c3cc4c5ccccc5oc4c4ccccc34)c3ccccc13)c1ccccc21. The molecule has 0 amide bonds. The zero-order valence-corrected chi connectivity index (χ0v) is 27.9. The fourth-order valence-electron chi connectivity index (χ4n) is 9.22. The van der Waals surface area contributed by atoms with Gasteiger partial charge in [-0.2, -0.15) is 0 Å². The van der Waals surface area contributed by atoms with Crippen LogP contribution in [0.5, 0.6) is 0 Å². The molecule has 0 bridgehead atoms. The maximum absolute atomic E-state index is 6.53. The molecule has 1 aliphatic rings. The molecule has 1 aliphatic carbocycles. The van der Waals surface area contributed by atoms with Crippen molar-refractivity contribution in [2.24, 2.45) is 0 Å². The van der Waals surface area contributed by atoms with Crippen molar-refractivity contribution in [3.05, 3.63) is 169 Å². The molecule has 0 saturated carbocycles. The molecule has 10 aromatic rings. The van der Waals surface area contributed by atoms with Crippen LogP contribution in [-0.2, 0) is 5.41 Å². The van der Waals surface area contributed by atoms with Crippen molar-refractivity contribution in [2.75, 3.05) is 0 Å². The summed E-state index contributed by atoms with van der Waals surface area (Å²) in [4.78, 5) is 0. The highest BCUT2D eigenvalue weighted by Gasteiger charge is 2.37.